The first kappa shape index (κ1) is 12.9. The lowest BCUT2D eigenvalue weighted by atomic mass is 10.3. The molecule has 0 fully saturated rings. The topological polar surface area (TPSA) is 105 Å². The van der Waals surface area contributed by atoms with Crippen LogP contribution >= 0.6 is 11.3 Å². The number of sulfonamides is 1. The molecular weight excluding hydrogens is 276 g/mol. The second-order valence-corrected chi connectivity index (χ2v) is 5.98. The van der Waals surface area contributed by atoms with Gasteiger partial charge in [-0.25, -0.2) is 18.1 Å². The van der Waals surface area contributed by atoms with Gasteiger partial charge >= 0.3 is 0 Å². The van der Waals surface area contributed by atoms with Crippen LogP contribution in [-0.2, 0) is 16.6 Å². The highest BCUT2D eigenvalue weighted by Crippen LogP contribution is 2.27. The van der Waals surface area contributed by atoms with Crippen LogP contribution in [0.5, 0.6) is 0 Å². The second-order valence-electron chi connectivity index (χ2n) is 3.40. The van der Waals surface area contributed by atoms with Gasteiger partial charge in [-0.3, -0.25) is 0 Å². The lowest BCUT2D eigenvalue weighted by Crippen LogP contribution is -2.17. The Kier molecular flexibility index (Phi) is 3.55. The van der Waals surface area contributed by atoms with Crippen molar-refractivity contribution in [3.63, 3.8) is 0 Å². The summed E-state index contributed by atoms with van der Waals surface area (Å²) in [6.45, 7) is 1.33. The fourth-order valence-electron chi connectivity index (χ4n) is 1.42. The predicted molar refractivity (Wildman–Crippen MR) is 65.6 cm³/mol. The van der Waals surface area contributed by atoms with E-state index in [1.807, 2.05) is 0 Å². The van der Waals surface area contributed by atoms with Gasteiger partial charge in [0, 0.05) is 0 Å². The molecule has 0 unspecified atom stereocenters. The normalized spacial score (nSPS) is 11.4. The molecule has 0 saturated carbocycles. The van der Waals surface area contributed by atoms with E-state index in [9.17, 15) is 8.42 Å². The molecule has 96 valence electrons. The molecule has 0 aliphatic rings. The van der Waals surface area contributed by atoms with E-state index in [0.29, 0.717) is 10.4 Å². The Balaban J connectivity index is 2.40. The van der Waals surface area contributed by atoms with Gasteiger partial charge in [-0.1, -0.05) is 0 Å². The van der Waals surface area contributed by atoms with Crippen LogP contribution in [0.3, 0.4) is 0 Å². The molecule has 2 aromatic rings. The minimum Gasteiger partial charge on any atom is -0.391 e. The molecule has 2 rings (SSSR count). The maximum atomic E-state index is 12.1. The van der Waals surface area contributed by atoms with Crippen LogP contribution in [0.25, 0.3) is 0 Å². The van der Waals surface area contributed by atoms with Gasteiger partial charge in [0.1, 0.15) is 4.90 Å². The number of aromatic nitrogens is 3. The molecule has 9 heteroatoms. The third-order valence-corrected chi connectivity index (χ3v) is 4.89. The van der Waals surface area contributed by atoms with Crippen LogP contribution in [0.2, 0.25) is 0 Å². The quantitative estimate of drug-likeness (QED) is 0.849. The van der Waals surface area contributed by atoms with Crippen molar-refractivity contribution in [2.45, 2.75) is 18.4 Å². The minimum absolute atomic E-state index is 0.0717. The van der Waals surface area contributed by atoms with Crippen LogP contribution < -0.4 is 4.72 Å². The van der Waals surface area contributed by atoms with Crippen LogP contribution in [0, 0.1) is 6.92 Å². The summed E-state index contributed by atoms with van der Waals surface area (Å²) in [6, 6.07) is 0. The number of nitrogens with zero attached hydrogens (tertiary/aromatic N) is 3. The Morgan fingerprint density at radius 2 is 2.22 bits per heavy atom. The van der Waals surface area contributed by atoms with E-state index < -0.39 is 10.0 Å². The molecule has 0 aliphatic carbocycles. The van der Waals surface area contributed by atoms with Crippen molar-refractivity contribution in [2.75, 3.05) is 4.72 Å². The average molecular weight is 286 g/mol. The first-order valence-corrected chi connectivity index (χ1v) is 7.25. The average Bonchev–Trinajstić information content (AvgIpc) is 2.72. The molecule has 0 spiro atoms. The summed E-state index contributed by atoms with van der Waals surface area (Å²) in [6.07, 6.45) is 2.67. The maximum absolute atomic E-state index is 12.1. The van der Waals surface area contributed by atoms with Crippen molar-refractivity contribution in [2.24, 2.45) is 0 Å². The van der Waals surface area contributed by atoms with E-state index in [1.165, 1.54) is 23.7 Å². The number of aryl methyl sites for hydroxylation is 1. The fraction of sp³-hybridized carbons (Fsp3) is 0.222. The zero-order chi connectivity index (χ0) is 13.2. The highest BCUT2D eigenvalue weighted by Gasteiger charge is 2.23. The smallest absolute Gasteiger partial charge is 0.265 e. The minimum atomic E-state index is -3.81. The van der Waals surface area contributed by atoms with E-state index in [1.54, 1.807) is 12.3 Å². The van der Waals surface area contributed by atoms with Gasteiger partial charge in [-0.2, -0.15) is 5.10 Å². The van der Waals surface area contributed by atoms with Gasteiger partial charge in [0.25, 0.3) is 16.0 Å². The number of anilines is 1. The van der Waals surface area contributed by atoms with E-state index in [-0.39, 0.29) is 17.5 Å². The highest BCUT2D eigenvalue weighted by molar-refractivity contribution is 7.93. The second kappa shape index (κ2) is 4.96. The first-order valence-electron chi connectivity index (χ1n) is 4.89. The van der Waals surface area contributed by atoms with E-state index >= 15 is 0 Å². The molecule has 0 radical (unpaired) electrons. The van der Waals surface area contributed by atoms with Gasteiger partial charge in [-0.05, 0) is 17.9 Å². The fourth-order valence-corrected chi connectivity index (χ4v) is 4.03. The van der Waals surface area contributed by atoms with Gasteiger partial charge < -0.3 is 5.11 Å². The van der Waals surface area contributed by atoms with Gasteiger partial charge in [0.2, 0.25) is 0 Å². The van der Waals surface area contributed by atoms with Crippen molar-refractivity contribution in [3.05, 3.63) is 28.2 Å². The summed E-state index contributed by atoms with van der Waals surface area (Å²) in [5.41, 5.74) is 0.570. The predicted octanol–water partition coefficient (Wildman–Crippen LogP) is 0.535. The van der Waals surface area contributed by atoms with Crippen LogP contribution in [0.4, 0.5) is 5.95 Å². The zero-order valence-corrected chi connectivity index (χ0v) is 11.0. The Morgan fingerprint density at radius 1 is 1.44 bits per heavy atom. The van der Waals surface area contributed by atoms with Crippen LogP contribution in [0.15, 0.2) is 22.7 Å². The van der Waals surface area contributed by atoms with Crippen molar-refractivity contribution in [1.29, 1.82) is 0 Å². The molecule has 0 aromatic carbocycles. The number of rotatable bonds is 4. The summed E-state index contributed by atoms with van der Waals surface area (Å²) in [5, 5.41) is 17.9. The van der Waals surface area contributed by atoms with Crippen molar-refractivity contribution in [3.8, 4) is 0 Å². The first-order chi connectivity index (χ1) is 8.54. The third kappa shape index (κ3) is 2.47. The number of aliphatic hydroxyl groups excluding tert-OH is 1. The third-order valence-electron chi connectivity index (χ3n) is 2.11. The van der Waals surface area contributed by atoms with Crippen LogP contribution in [-0.4, -0.2) is 28.7 Å². The van der Waals surface area contributed by atoms with Crippen LogP contribution in [0.1, 0.15) is 10.4 Å². The molecule has 0 atom stereocenters. The Morgan fingerprint density at radius 3 is 2.83 bits per heavy atom. The molecule has 2 N–H and O–H groups in total. The molecule has 7 nitrogen and oxygen atoms in total. The Hall–Kier alpha value is -1.58. The zero-order valence-electron chi connectivity index (χ0n) is 9.36. The molecular formula is C9H10N4O3S2. The SMILES string of the molecule is Cc1csc(CO)c1S(=O)(=O)Nc1nccnn1. The number of aliphatic hydroxyl groups is 1. The molecule has 0 bridgehead atoms. The number of nitrogens with one attached hydrogen (secondary N) is 1. The van der Waals surface area contributed by atoms with Gasteiger partial charge in [0.15, 0.2) is 0 Å². The summed E-state index contributed by atoms with van der Waals surface area (Å²) in [7, 11) is -3.81. The van der Waals surface area contributed by atoms with E-state index in [2.05, 4.69) is 19.9 Å². The summed E-state index contributed by atoms with van der Waals surface area (Å²) in [4.78, 5) is 4.19. The molecule has 0 aliphatic heterocycles. The van der Waals surface area contributed by atoms with Crippen molar-refractivity contribution in [1.82, 2.24) is 15.2 Å². The Bertz CT molecular complexity index is 639. The van der Waals surface area contributed by atoms with E-state index in [4.69, 9.17) is 5.11 Å². The van der Waals surface area contributed by atoms with Crippen molar-refractivity contribution < 1.29 is 13.5 Å². The maximum Gasteiger partial charge on any atom is 0.265 e. The molecule has 2 aromatic heterocycles. The molecule has 18 heavy (non-hydrogen) atoms. The summed E-state index contributed by atoms with van der Waals surface area (Å²) < 4.78 is 26.5. The lowest BCUT2D eigenvalue weighted by Gasteiger charge is -2.07. The Labute approximate surface area is 108 Å². The van der Waals surface area contributed by atoms with E-state index in [0.717, 1.165) is 0 Å². The summed E-state index contributed by atoms with van der Waals surface area (Å²) in [5.74, 6) is -0.105. The van der Waals surface area contributed by atoms with Crippen molar-refractivity contribution >= 4 is 27.3 Å². The summed E-state index contributed by atoms with van der Waals surface area (Å²) >= 11 is 1.19. The number of thiophene rings is 1. The largest absolute Gasteiger partial charge is 0.391 e. The highest BCUT2D eigenvalue weighted by atomic mass is 32.2. The monoisotopic (exact) mass is 286 g/mol. The molecule has 2 heterocycles. The van der Waals surface area contributed by atoms with Gasteiger partial charge in [0.05, 0.1) is 23.9 Å². The number of hydrogen-bond acceptors (Lipinski definition) is 7. The van der Waals surface area contributed by atoms with Gasteiger partial charge in [-0.15, -0.1) is 16.4 Å². The molecule has 0 saturated heterocycles. The number of hydrogen-bond donors (Lipinski definition) is 2. The molecule has 0 amide bonds. The lowest BCUT2D eigenvalue weighted by molar-refractivity contribution is 0.282. The standard InChI is InChI=1S/C9H10N4O3S2/c1-6-5-17-7(4-14)8(6)18(15,16)13-9-10-2-3-11-12-9/h2-3,5,14H,4H2,1H3,(H,10,12,13).